The van der Waals surface area contributed by atoms with Crippen LogP contribution in [0.2, 0.25) is 0 Å². The summed E-state index contributed by atoms with van der Waals surface area (Å²) in [5.41, 5.74) is 9.33. The topological polar surface area (TPSA) is 38.9 Å². The van der Waals surface area contributed by atoms with Crippen molar-refractivity contribution in [2.75, 3.05) is 0 Å². The quantitative estimate of drug-likeness (QED) is 0.775. The summed E-state index contributed by atoms with van der Waals surface area (Å²) >= 11 is 1.72. The Hall–Kier alpha value is -0.410. The fraction of sp³-hybridized carbons (Fsp3) is 0.667. The highest BCUT2D eigenvalue weighted by molar-refractivity contribution is 7.09. The molecule has 12 heavy (non-hydrogen) atoms. The van der Waals surface area contributed by atoms with E-state index in [2.05, 4.69) is 11.9 Å². The summed E-state index contributed by atoms with van der Waals surface area (Å²) in [6, 6.07) is 0. The van der Waals surface area contributed by atoms with E-state index < -0.39 is 0 Å². The minimum absolute atomic E-state index is 0.177. The van der Waals surface area contributed by atoms with Crippen LogP contribution >= 0.6 is 11.3 Å². The molecule has 1 aliphatic carbocycles. The molecule has 1 fully saturated rings. The summed E-state index contributed by atoms with van der Waals surface area (Å²) < 4.78 is 0. The molecule has 1 aliphatic rings. The lowest BCUT2D eigenvalue weighted by atomic mass is 10.1. The maximum Gasteiger partial charge on any atom is 0.0797 e. The van der Waals surface area contributed by atoms with Crippen molar-refractivity contribution in [3.8, 4) is 0 Å². The molecule has 1 aromatic rings. The van der Waals surface area contributed by atoms with Gasteiger partial charge in [0.05, 0.1) is 11.2 Å². The zero-order chi connectivity index (χ0) is 8.60. The first-order valence-corrected chi connectivity index (χ1v) is 5.25. The maximum atomic E-state index is 5.99. The van der Waals surface area contributed by atoms with E-state index >= 15 is 0 Å². The number of hydrogen-bond acceptors (Lipinski definition) is 3. The Bertz CT molecular complexity index is 276. The predicted octanol–water partition coefficient (Wildman–Crippen LogP) is 1.88. The third-order valence-electron chi connectivity index (χ3n) is 2.60. The number of aryl methyl sites for hydroxylation is 2. The number of thiazole rings is 1. The monoisotopic (exact) mass is 182 g/mol. The molecule has 3 heteroatoms. The van der Waals surface area contributed by atoms with Crippen LogP contribution in [-0.4, -0.2) is 10.5 Å². The zero-order valence-electron chi connectivity index (χ0n) is 7.34. The fourth-order valence-corrected chi connectivity index (χ4v) is 1.98. The molecular formula is C9H14N2S. The van der Waals surface area contributed by atoms with Gasteiger partial charge in [-0.05, 0) is 32.6 Å². The standard InChI is InChI=1S/C9H14N2S/c1-7-8(11-6-12-7)2-3-9(10)4-5-9/h6H,2-5,10H2,1H3. The van der Waals surface area contributed by atoms with Crippen LogP contribution in [0.3, 0.4) is 0 Å². The molecular weight excluding hydrogens is 168 g/mol. The van der Waals surface area contributed by atoms with E-state index in [0.717, 1.165) is 12.8 Å². The van der Waals surface area contributed by atoms with Crippen molar-refractivity contribution in [2.45, 2.75) is 38.1 Å². The van der Waals surface area contributed by atoms with Gasteiger partial charge in [-0.3, -0.25) is 0 Å². The second-order valence-electron chi connectivity index (χ2n) is 3.72. The summed E-state index contributed by atoms with van der Waals surface area (Å²) in [7, 11) is 0. The van der Waals surface area contributed by atoms with Gasteiger partial charge >= 0.3 is 0 Å². The predicted molar refractivity (Wildman–Crippen MR) is 51.3 cm³/mol. The Morgan fingerprint density at radius 3 is 2.92 bits per heavy atom. The second-order valence-corrected chi connectivity index (χ2v) is 4.78. The number of aromatic nitrogens is 1. The highest BCUT2D eigenvalue weighted by Gasteiger charge is 2.37. The SMILES string of the molecule is Cc1scnc1CCC1(N)CC1. The van der Waals surface area contributed by atoms with Gasteiger partial charge in [0.25, 0.3) is 0 Å². The highest BCUT2D eigenvalue weighted by atomic mass is 32.1. The van der Waals surface area contributed by atoms with E-state index in [-0.39, 0.29) is 5.54 Å². The molecule has 2 N–H and O–H groups in total. The highest BCUT2D eigenvalue weighted by Crippen LogP contribution is 2.36. The van der Waals surface area contributed by atoms with E-state index in [1.807, 2.05) is 5.51 Å². The van der Waals surface area contributed by atoms with Crippen LogP contribution in [0.25, 0.3) is 0 Å². The van der Waals surface area contributed by atoms with Crippen molar-refractivity contribution in [2.24, 2.45) is 5.73 Å². The Labute approximate surface area is 76.8 Å². The Morgan fingerprint density at radius 1 is 1.67 bits per heavy atom. The molecule has 0 bridgehead atoms. The lowest BCUT2D eigenvalue weighted by molar-refractivity contribution is 0.603. The van der Waals surface area contributed by atoms with Crippen molar-refractivity contribution in [3.05, 3.63) is 16.1 Å². The Balaban J connectivity index is 1.91. The van der Waals surface area contributed by atoms with Crippen LogP contribution in [-0.2, 0) is 6.42 Å². The van der Waals surface area contributed by atoms with Crippen LogP contribution in [0.5, 0.6) is 0 Å². The van der Waals surface area contributed by atoms with Crippen molar-refractivity contribution in [1.82, 2.24) is 4.98 Å². The second kappa shape index (κ2) is 2.82. The average Bonchev–Trinajstić information content (AvgIpc) is 2.61. The minimum Gasteiger partial charge on any atom is -0.325 e. The smallest absolute Gasteiger partial charge is 0.0797 e. The largest absolute Gasteiger partial charge is 0.325 e. The van der Waals surface area contributed by atoms with Crippen LogP contribution in [0.4, 0.5) is 0 Å². The molecule has 1 saturated carbocycles. The summed E-state index contributed by atoms with van der Waals surface area (Å²) in [5.74, 6) is 0. The van der Waals surface area contributed by atoms with Gasteiger partial charge in [-0.15, -0.1) is 11.3 Å². The van der Waals surface area contributed by atoms with E-state index in [9.17, 15) is 0 Å². The van der Waals surface area contributed by atoms with E-state index in [1.165, 1.54) is 23.4 Å². The van der Waals surface area contributed by atoms with Crippen molar-refractivity contribution >= 4 is 11.3 Å². The average molecular weight is 182 g/mol. The third kappa shape index (κ3) is 1.67. The molecule has 1 heterocycles. The molecule has 0 spiro atoms. The number of hydrogen-bond donors (Lipinski definition) is 1. The van der Waals surface area contributed by atoms with E-state index in [4.69, 9.17) is 5.73 Å². The van der Waals surface area contributed by atoms with Gasteiger partial charge in [0.1, 0.15) is 0 Å². The van der Waals surface area contributed by atoms with Crippen molar-refractivity contribution in [1.29, 1.82) is 0 Å². The molecule has 2 rings (SSSR count). The van der Waals surface area contributed by atoms with Crippen molar-refractivity contribution in [3.63, 3.8) is 0 Å². The third-order valence-corrected chi connectivity index (χ3v) is 3.40. The van der Waals surface area contributed by atoms with Gasteiger partial charge in [0.15, 0.2) is 0 Å². The molecule has 0 unspecified atom stereocenters. The van der Waals surface area contributed by atoms with Gasteiger partial charge in [-0.2, -0.15) is 0 Å². The lowest BCUT2D eigenvalue weighted by Gasteiger charge is -2.06. The van der Waals surface area contributed by atoms with E-state index in [1.54, 1.807) is 11.3 Å². The molecule has 0 aromatic carbocycles. The Kier molecular flexibility index (Phi) is 1.93. The first-order chi connectivity index (χ1) is 5.70. The van der Waals surface area contributed by atoms with Crippen LogP contribution < -0.4 is 5.73 Å². The summed E-state index contributed by atoms with van der Waals surface area (Å²) in [6.45, 7) is 2.13. The molecule has 0 radical (unpaired) electrons. The molecule has 2 nitrogen and oxygen atoms in total. The molecule has 0 aliphatic heterocycles. The first-order valence-electron chi connectivity index (χ1n) is 4.37. The van der Waals surface area contributed by atoms with Gasteiger partial charge in [-0.25, -0.2) is 4.98 Å². The number of nitrogens with zero attached hydrogens (tertiary/aromatic N) is 1. The molecule has 1 aromatic heterocycles. The molecule has 0 amide bonds. The van der Waals surface area contributed by atoms with Crippen LogP contribution in [0, 0.1) is 6.92 Å². The zero-order valence-corrected chi connectivity index (χ0v) is 8.16. The van der Waals surface area contributed by atoms with Crippen molar-refractivity contribution < 1.29 is 0 Å². The van der Waals surface area contributed by atoms with Crippen LogP contribution in [0.1, 0.15) is 29.8 Å². The van der Waals surface area contributed by atoms with Gasteiger partial charge in [-0.1, -0.05) is 0 Å². The molecule has 66 valence electrons. The molecule has 0 saturated heterocycles. The summed E-state index contributed by atoms with van der Waals surface area (Å²) in [4.78, 5) is 5.66. The summed E-state index contributed by atoms with van der Waals surface area (Å²) in [5, 5.41) is 0. The Morgan fingerprint density at radius 2 is 2.42 bits per heavy atom. The van der Waals surface area contributed by atoms with E-state index in [0.29, 0.717) is 0 Å². The number of nitrogens with two attached hydrogens (primary N) is 1. The first kappa shape index (κ1) is 8.20. The minimum atomic E-state index is 0.177. The van der Waals surface area contributed by atoms with Gasteiger partial charge in [0, 0.05) is 10.4 Å². The normalized spacial score (nSPS) is 19.5. The number of rotatable bonds is 3. The fourth-order valence-electron chi connectivity index (χ4n) is 1.35. The lowest BCUT2D eigenvalue weighted by Crippen LogP contribution is -2.22. The van der Waals surface area contributed by atoms with Crippen LogP contribution in [0.15, 0.2) is 5.51 Å². The molecule has 0 atom stereocenters. The van der Waals surface area contributed by atoms with Gasteiger partial charge < -0.3 is 5.73 Å². The summed E-state index contributed by atoms with van der Waals surface area (Å²) in [6.07, 6.45) is 4.58. The van der Waals surface area contributed by atoms with Gasteiger partial charge in [0.2, 0.25) is 0 Å². The maximum absolute atomic E-state index is 5.99.